The number of hydrogen-bond donors (Lipinski definition) is 4. The molecular formula is C24H32N8O. The molecule has 0 bridgehead atoms. The molecule has 1 aromatic carbocycles. The summed E-state index contributed by atoms with van der Waals surface area (Å²) < 4.78 is 1.55. The van der Waals surface area contributed by atoms with Crippen LogP contribution in [0.4, 0.5) is 17.5 Å². The number of anilines is 3. The number of fused-ring (bicyclic) bond motifs is 2. The largest absolute Gasteiger partial charge is 0.383 e. The second-order valence-electron chi connectivity index (χ2n) is 7.42. The van der Waals surface area contributed by atoms with Crippen LogP contribution in [0.3, 0.4) is 0 Å². The summed E-state index contributed by atoms with van der Waals surface area (Å²) in [6.07, 6.45) is 9.02. The molecule has 5 N–H and O–H groups in total. The zero-order chi connectivity index (χ0) is 23.8. The van der Waals surface area contributed by atoms with E-state index in [1.807, 2.05) is 19.9 Å². The number of aryl methyl sites for hydroxylation is 2. The Labute approximate surface area is 193 Å². The molecule has 0 saturated carbocycles. The van der Waals surface area contributed by atoms with E-state index in [0.717, 1.165) is 5.39 Å². The summed E-state index contributed by atoms with van der Waals surface area (Å²) in [5.41, 5.74) is 10.3. The summed E-state index contributed by atoms with van der Waals surface area (Å²) in [6, 6.07) is 10.1. The fourth-order valence-corrected chi connectivity index (χ4v) is 3.61. The van der Waals surface area contributed by atoms with Gasteiger partial charge in [-0.3, -0.25) is 9.48 Å². The van der Waals surface area contributed by atoms with Crippen LogP contribution in [-0.4, -0.2) is 37.7 Å². The quantitative estimate of drug-likeness (QED) is 0.374. The van der Waals surface area contributed by atoms with E-state index in [9.17, 15) is 4.79 Å². The molecule has 1 unspecified atom stereocenters. The predicted octanol–water partition coefficient (Wildman–Crippen LogP) is 3.99. The molecule has 9 nitrogen and oxygen atoms in total. The number of hydrogen-bond acceptors (Lipinski definition) is 6. The molecule has 0 fully saturated rings. The number of rotatable bonds is 4. The number of nitrogens with two attached hydrogens (primary N) is 1. The first kappa shape index (κ1) is 23.8. The standard InChI is InChI=1S/C13H16N8O.C9H10.C2H6/c1-7(12(22)15-2)21-6-8(5-17-21)18-13-19-10(14)9-3-4-16-11(9)20-13;1-2-5-9-7-3-6-8(9)4-1;1-2/h3-7H,1-2H3,(H,15,22)(H4,14,16,18,19,20);1-2,4-5H,3,6-7H2;1-2H3. The minimum Gasteiger partial charge on any atom is -0.383 e. The summed E-state index contributed by atoms with van der Waals surface area (Å²) in [5.74, 6) is 0.627. The summed E-state index contributed by atoms with van der Waals surface area (Å²) in [4.78, 5) is 23.1. The van der Waals surface area contributed by atoms with Crippen molar-refractivity contribution in [2.75, 3.05) is 18.1 Å². The van der Waals surface area contributed by atoms with E-state index >= 15 is 0 Å². The number of nitrogens with one attached hydrogen (secondary N) is 3. The summed E-state index contributed by atoms with van der Waals surface area (Å²) in [5, 5.41) is 10.5. The van der Waals surface area contributed by atoms with Crippen LogP contribution >= 0.6 is 0 Å². The fraction of sp³-hybridized carbons (Fsp3) is 0.333. The highest BCUT2D eigenvalue weighted by Gasteiger charge is 2.15. The molecule has 0 spiro atoms. The Hall–Kier alpha value is -3.88. The van der Waals surface area contributed by atoms with E-state index in [2.05, 4.69) is 54.9 Å². The summed E-state index contributed by atoms with van der Waals surface area (Å²) in [6.45, 7) is 5.76. The van der Waals surface area contributed by atoms with Crippen LogP contribution in [0.1, 0.15) is 44.4 Å². The van der Waals surface area contributed by atoms with Crippen molar-refractivity contribution in [3.63, 3.8) is 0 Å². The molecule has 1 aliphatic rings. The molecule has 9 heteroatoms. The molecule has 1 aliphatic carbocycles. The number of benzene rings is 1. The maximum Gasteiger partial charge on any atom is 0.244 e. The Kier molecular flexibility index (Phi) is 8.01. The van der Waals surface area contributed by atoms with Gasteiger partial charge in [-0.2, -0.15) is 15.1 Å². The highest BCUT2D eigenvalue weighted by Crippen LogP contribution is 2.21. The number of nitrogens with zero attached hydrogens (tertiary/aromatic N) is 4. The Balaban J connectivity index is 0.000000230. The minimum absolute atomic E-state index is 0.122. The number of carbonyl (C=O) groups excluding carboxylic acids is 1. The van der Waals surface area contributed by atoms with E-state index in [1.54, 1.807) is 48.4 Å². The van der Waals surface area contributed by atoms with Crippen molar-refractivity contribution in [3.8, 4) is 0 Å². The van der Waals surface area contributed by atoms with Crippen molar-refractivity contribution in [3.05, 3.63) is 60.0 Å². The number of likely N-dealkylation sites (N-methyl/N-ethyl adjacent to an activating group) is 1. The number of aromatic nitrogens is 5. The van der Waals surface area contributed by atoms with Crippen molar-refractivity contribution < 1.29 is 4.79 Å². The van der Waals surface area contributed by atoms with Crippen molar-refractivity contribution in [1.82, 2.24) is 30.0 Å². The van der Waals surface area contributed by atoms with Crippen LogP contribution < -0.4 is 16.4 Å². The molecule has 0 radical (unpaired) electrons. The first-order valence-corrected chi connectivity index (χ1v) is 11.3. The molecule has 4 aromatic rings. The first-order valence-electron chi connectivity index (χ1n) is 11.3. The van der Waals surface area contributed by atoms with Gasteiger partial charge in [0.15, 0.2) is 0 Å². The Morgan fingerprint density at radius 2 is 1.85 bits per heavy atom. The van der Waals surface area contributed by atoms with Crippen molar-refractivity contribution in [1.29, 1.82) is 0 Å². The molecule has 3 heterocycles. The van der Waals surface area contributed by atoms with Crippen molar-refractivity contribution in [2.24, 2.45) is 0 Å². The lowest BCUT2D eigenvalue weighted by Gasteiger charge is -2.09. The molecule has 0 aliphatic heterocycles. The van der Waals surface area contributed by atoms with Gasteiger partial charge in [0, 0.05) is 19.4 Å². The molecule has 174 valence electrons. The Morgan fingerprint density at radius 1 is 1.15 bits per heavy atom. The van der Waals surface area contributed by atoms with Crippen LogP contribution in [0.15, 0.2) is 48.9 Å². The van der Waals surface area contributed by atoms with Gasteiger partial charge in [-0.15, -0.1) is 0 Å². The molecule has 3 aromatic heterocycles. The van der Waals surface area contributed by atoms with E-state index in [0.29, 0.717) is 23.1 Å². The summed E-state index contributed by atoms with van der Waals surface area (Å²) in [7, 11) is 1.59. The second-order valence-corrected chi connectivity index (χ2v) is 7.42. The maximum atomic E-state index is 11.6. The molecule has 1 atom stereocenters. The Bertz CT molecular complexity index is 1170. The maximum absolute atomic E-state index is 11.6. The Morgan fingerprint density at radius 3 is 2.52 bits per heavy atom. The molecule has 33 heavy (non-hydrogen) atoms. The lowest BCUT2D eigenvalue weighted by Crippen LogP contribution is -2.27. The first-order chi connectivity index (χ1) is 16.0. The van der Waals surface area contributed by atoms with E-state index in [-0.39, 0.29) is 5.91 Å². The van der Waals surface area contributed by atoms with Gasteiger partial charge in [-0.25, -0.2) is 0 Å². The third kappa shape index (κ3) is 5.68. The zero-order valence-corrected chi connectivity index (χ0v) is 19.6. The number of carbonyl (C=O) groups is 1. The van der Waals surface area contributed by atoms with E-state index < -0.39 is 6.04 Å². The van der Waals surface area contributed by atoms with E-state index in [1.165, 1.54) is 19.3 Å². The SMILES string of the molecule is CC.CNC(=O)C(C)n1cc(Nc2nc(N)c3cc[nH]c3n2)cn1.c1ccc2c(c1)CCC2. The number of H-pyrrole nitrogens is 1. The van der Waals surface area contributed by atoms with Gasteiger partial charge >= 0.3 is 0 Å². The van der Waals surface area contributed by atoms with Gasteiger partial charge in [-0.1, -0.05) is 38.1 Å². The highest BCUT2D eigenvalue weighted by molar-refractivity contribution is 5.87. The fourth-order valence-electron chi connectivity index (χ4n) is 3.61. The average Bonchev–Trinajstić information content (AvgIpc) is 3.60. The van der Waals surface area contributed by atoms with Gasteiger partial charge in [-0.05, 0) is 43.4 Å². The minimum atomic E-state index is -0.405. The van der Waals surface area contributed by atoms with Crippen LogP contribution in [0.25, 0.3) is 11.0 Å². The number of aromatic amines is 1. The zero-order valence-electron chi connectivity index (χ0n) is 19.6. The van der Waals surface area contributed by atoms with Gasteiger partial charge < -0.3 is 21.4 Å². The lowest BCUT2D eigenvalue weighted by molar-refractivity contribution is -0.123. The highest BCUT2D eigenvalue weighted by atomic mass is 16.2. The number of amides is 1. The molecule has 5 rings (SSSR count). The van der Waals surface area contributed by atoms with Crippen molar-refractivity contribution in [2.45, 2.75) is 46.1 Å². The van der Waals surface area contributed by atoms with Gasteiger partial charge in [0.05, 0.1) is 17.3 Å². The normalized spacial score (nSPS) is 12.6. The molecular weight excluding hydrogens is 416 g/mol. The van der Waals surface area contributed by atoms with Gasteiger partial charge in [0.2, 0.25) is 11.9 Å². The topological polar surface area (TPSA) is 127 Å². The third-order valence-electron chi connectivity index (χ3n) is 5.34. The van der Waals surface area contributed by atoms with Crippen LogP contribution in [0, 0.1) is 0 Å². The van der Waals surface area contributed by atoms with Gasteiger partial charge in [0.1, 0.15) is 17.5 Å². The van der Waals surface area contributed by atoms with Crippen LogP contribution in [-0.2, 0) is 17.6 Å². The van der Waals surface area contributed by atoms with Crippen LogP contribution in [0.5, 0.6) is 0 Å². The van der Waals surface area contributed by atoms with Crippen LogP contribution in [0.2, 0.25) is 0 Å². The molecule has 0 saturated heterocycles. The van der Waals surface area contributed by atoms with E-state index in [4.69, 9.17) is 5.73 Å². The second kappa shape index (κ2) is 11.1. The smallest absolute Gasteiger partial charge is 0.244 e. The van der Waals surface area contributed by atoms with Gasteiger partial charge in [0.25, 0.3) is 0 Å². The molecule has 1 amide bonds. The number of nitrogen functional groups attached to an aromatic ring is 1. The lowest BCUT2D eigenvalue weighted by atomic mass is 10.1. The predicted molar refractivity (Wildman–Crippen MR) is 132 cm³/mol. The summed E-state index contributed by atoms with van der Waals surface area (Å²) >= 11 is 0. The monoisotopic (exact) mass is 448 g/mol. The average molecular weight is 449 g/mol. The van der Waals surface area contributed by atoms with Crippen molar-refractivity contribution >= 4 is 34.4 Å². The third-order valence-corrected chi connectivity index (χ3v) is 5.34.